The van der Waals surface area contributed by atoms with E-state index in [1.165, 1.54) is 0 Å². The summed E-state index contributed by atoms with van der Waals surface area (Å²) in [6.45, 7) is 5.14. The van der Waals surface area contributed by atoms with Crippen LogP contribution in [0.15, 0.2) is 18.5 Å². The van der Waals surface area contributed by atoms with Gasteiger partial charge in [-0.05, 0) is 19.4 Å². The van der Waals surface area contributed by atoms with Gasteiger partial charge in [0.2, 0.25) is 5.95 Å². The van der Waals surface area contributed by atoms with Crippen LogP contribution in [-0.4, -0.2) is 26.6 Å². The number of imidazole rings is 1. The molecule has 2 rings (SSSR count). The molecular formula is C13H19N5. The van der Waals surface area contributed by atoms with E-state index in [1.54, 1.807) is 0 Å². The van der Waals surface area contributed by atoms with Crippen LogP contribution in [0, 0.1) is 6.92 Å². The topological polar surface area (TPSA) is 55.6 Å². The van der Waals surface area contributed by atoms with Crippen molar-refractivity contribution < 1.29 is 0 Å². The molecule has 2 aromatic rings. The average Bonchev–Trinajstić information content (AvgIpc) is 2.76. The van der Waals surface area contributed by atoms with Crippen LogP contribution < -0.4 is 5.32 Å². The standard InChI is InChI=1S/C13H19N5/c1-4-6-18-7-5-15-12(18)9-11-8-10(2)16-13(14-3)17-11/h5,7-8H,4,6,9H2,1-3H3,(H,14,16,17). The van der Waals surface area contributed by atoms with Gasteiger partial charge in [-0.25, -0.2) is 15.0 Å². The maximum Gasteiger partial charge on any atom is 0.222 e. The normalized spacial score (nSPS) is 10.6. The number of anilines is 1. The van der Waals surface area contributed by atoms with E-state index < -0.39 is 0 Å². The van der Waals surface area contributed by atoms with Gasteiger partial charge in [-0.3, -0.25) is 0 Å². The van der Waals surface area contributed by atoms with Gasteiger partial charge in [0.15, 0.2) is 0 Å². The predicted octanol–water partition coefficient (Wildman–Crippen LogP) is 2.02. The molecule has 2 heterocycles. The molecule has 0 fully saturated rings. The van der Waals surface area contributed by atoms with Crippen molar-refractivity contribution in [3.63, 3.8) is 0 Å². The largest absolute Gasteiger partial charge is 0.357 e. The molecule has 0 unspecified atom stereocenters. The summed E-state index contributed by atoms with van der Waals surface area (Å²) in [6, 6.07) is 2.01. The molecule has 5 nitrogen and oxygen atoms in total. The maximum atomic E-state index is 4.45. The fraction of sp³-hybridized carbons (Fsp3) is 0.462. The quantitative estimate of drug-likeness (QED) is 0.875. The molecule has 0 aromatic carbocycles. The number of aromatic nitrogens is 4. The van der Waals surface area contributed by atoms with Gasteiger partial charge in [-0.1, -0.05) is 6.92 Å². The van der Waals surface area contributed by atoms with E-state index in [2.05, 4.69) is 31.8 Å². The molecule has 96 valence electrons. The van der Waals surface area contributed by atoms with Crippen LogP contribution in [0.4, 0.5) is 5.95 Å². The second-order valence-corrected chi connectivity index (χ2v) is 4.29. The fourth-order valence-corrected chi connectivity index (χ4v) is 1.95. The number of hydrogen-bond acceptors (Lipinski definition) is 4. The van der Waals surface area contributed by atoms with Crippen molar-refractivity contribution in [3.8, 4) is 0 Å². The Morgan fingerprint density at radius 2 is 2.17 bits per heavy atom. The van der Waals surface area contributed by atoms with E-state index >= 15 is 0 Å². The first-order valence-electron chi connectivity index (χ1n) is 6.25. The second kappa shape index (κ2) is 5.62. The highest BCUT2D eigenvalue weighted by molar-refractivity contribution is 5.28. The summed E-state index contributed by atoms with van der Waals surface area (Å²) in [7, 11) is 1.83. The van der Waals surface area contributed by atoms with Gasteiger partial charge in [0.05, 0.1) is 5.69 Å². The number of rotatable bonds is 5. The molecule has 0 atom stereocenters. The van der Waals surface area contributed by atoms with Crippen LogP contribution in [0.25, 0.3) is 0 Å². The Morgan fingerprint density at radius 3 is 2.89 bits per heavy atom. The van der Waals surface area contributed by atoms with Crippen molar-refractivity contribution in [2.75, 3.05) is 12.4 Å². The smallest absolute Gasteiger partial charge is 0.222 e. The summed E-state index contributed by atoms with van der Waals surface area (Å²) in [5, 5.41) is 2.98. The van der Waals surface area contributed by atoms with Crippen LogP contribution in [0.5, 0.6) is 0 Å². The summed E-state index contributed by atoms with van der Waals surface area (Å²) < 4.78 is 2.18. The van der Waals surface area contributed by atoms with E-state index in [0.29, 0.717) is 5.95 Å². The van der Waals surface area contributed by atoms with Gasteiger partial charge in [-0.15, -0.1) is 0 Å². The molecule has 0 spiro atoms. The Bertz CT molecular complexity index is 518. The Balaban J connectivity index is 2.22. The predicted molar refractivity (Wildman–Crippen MR) is 71.6 cm³/mol. The highest BCUT2D eigenvalue weighted by Crippen LogP contribution is 2.10. The monoisotopic (exact) mass is 245 g/mol. The molecule has 0 saturated heterocycles. The first-order chi connectivity index (χ1) is 8.72. The molecular weight excluding hydrogens is 226 g/mol. The zero-order valence-electron chi connectivity index (χ0n) is 11.1. The van der Waals surface area contributed by atoms with Gasteiger partial charge >= 0.3 is 0 Å². The van der Waals surface area contributed by atoms with Crippen molar-refractivity contribution in [3.05, 3.63) is 35.7 Å². The summed E-state index contributed by atoms with van der Waals surface area (Å²) in [5.74, 6) is 1.72. The van der Waals surface area contributed by atoms with Gasteiger partial charge in [-0.2, -0.15) is 0 Å². The van der Waals surface area contributed by atoms with E-state index in [9.17, 15) is 0 Å². The van der Waals surface area contributed by atoms with Gasteiger partial charge < -0.3 is 9.88 Å². The zero-order valence-corrected chi connectivity index (χ0v) is 11.1. The molecule has 1 N–H and O–H groups in total. The molecule has 0 amide bonds. The zero-order chi connectivity index (χ0) is 13.0. The lowest BCUT2D eigenvalue weighted by Gasteiger charge is -2.07. The minimum absolute atomic E-state index is 0.665. The van der Waals surface area contributed by atoms with Crippen LogP contribution in [0.3, 0.4) is 0 Å². The second-order valence-electron chi connectivity index (χ2n) is 4.29. The Labute approximate surface area is 107 Å². The average molecular weight is 245 g/mol. The van der Waals surface area contributed by atoms with Crippen molar-refractivity contribution in [2.24, 2.45) is 0 Å². The summed E-state index contributed by atoms with van der Waals surface area (Å²) >= 11 is 0. The molecule has 5 heteroatoms. The molecule has 0 aliphatic heterocycles. The van der Waals surface area contributed by atoms with Crippen LogP contribution in [-0.2, 0) is 13.0 Å². The van der Waals surface area contributed by atoms with Gasteiger partial charge in [0.25, 0.3) is 0 Å². The van der Waals surface area contributed by atoms with Crippen LogP contribution >= 0.6 is 0 Å². The minimum Gasteiger partial charge on any atom is -0.357 e. The van der Waals surface area contributed by atoms with E-state index in [-0.39, 0.29) is 0 Å². The number of nitrogens with zero attached hydrogens (tertiary/aromatic N) is 4. The van der Waals surface area contributed by atoms with Crippen LogP contribution in [0.2, 0.25) is 0 Å². The van der Waals surface area contributed by atoms with Gasteiger partial charge in [0.1, 0.15) is 5.82 Å². The third-order valence-electron chi connectivity index (χ3n) is 2.74. The first kappa shape index (κ1) is 12.5. The van der Waals surface area contributed by atoms with E-state index in [4.69, 9.17) is 0 Å². The number of aryl methyl sites for hydroxylation is 2. The van der Waals surface area contributed by atoms with Crippen molar-refractivity contribution in [1.82, 2.24) is 19.5 Å². The molecule has 0 saturated carbocycles. The van der Waals surface area contributed by atoms with Crippen molar-refractivity contribution >= 4 is 5.95 Å². The maximum absolute atomic E-state index is 4.45. The molecule has 0 radical (unpaired) electrons. The fourth-order valence-electron chi connectivity index (χ4n) is 1.95. The third-order valence-corrected chi connectivity index (χ3v) is 2.74. The summed E-state index contributed by atoms with van der Waals surface area (Å²) in [4.78, 5) is 13.1. The molecule has 0 aliphatic rings. The van der Waals surface area contributed by atoms with E-state index in [0.717, 1.165) is 36.6 Å². The Kier molecular flexibility index (Phi) is 3.92. The van der Waals surface area contributed by atoms with Gasteiger partial charge in [0, 0.05) is 38.1 Å². The highest BCUT2D eigenvalue weighted by Gasteiger charge is 2.07. The number of hydrogen-bond donors (Lipinski definition) is 1. The SMILES string of the molecule is CCCn1ccnc1Cc1cc(C)nc(NC)n1. The molecule has 0 bridgehead atoms. The lowest BCUT2D eigenvalue weighted by molar-refractivity contribution is 0.644. The summed E-state index contributed by atoms with van der Waals surface area (Å²) in [6.07, 6.45) is 5.71. The third kappa shape index (κ3) is 2.85. The molecule has 0 aliphatic carbocycles. The Morgan fingerprint density at radius 1 is 1.33 bits per heavy atom. The molecule has 2 aromatic heterocycles. The first-order valence-corrected chi connectivity index (χ1v) is 6.25. The minimum atomic E-state index is 0.665. The number of nitrogens with one attached hydrogen (secondary N) is 1. The van der Waals surface area contributed by atoms with Crippen molar-refractivity contribution in [1.29, 1.82) is 0 Å². The van der Waals surface area contributed by atoms with E-state index in [1.807, 2.05) is 32.4 Å². The van der Waals surface area contributed by atoms with Crippen LogP contribution in [0.1, 0.15) is 30.6 Å². The lowest BCUT2D eigenvalue weighted by atomic mass is 10.2. The highest BCUT2D eigenvalue weighted by atomic mass is 15.1. The molecule has 18 heavy (non-hydrogen) atoms. The van der Waals surface area contributed by atoms with Crippen molar-refractivity contribution in [2.45, 2.75) is 33.2 Å². The Hall–Kier alpha value is -1.91. The summed E-state index contributed by atoms with van der Waals surface area (Å²) in [5.41, 5.74) is 1.97. The lowest BCUT2D eigenvalue weighted by Crippen LogP contribution is -2.07.